The number of aryl methyl sites for hydroxylation is 2. The van der Waals surface area contributed by atoms with E-state index in [-0.39, 0.29) is 17.0 Å². The summed E-state index contributed by atoms with van der Waals surface area (Å²) in [5.74, 6) is 2.30. The van der Waals surface area contributed by atoms with Gasteiger partial charge in [0.2, 0.25) is 0 Å². The van der Waals surface area contributed by atoms with Crippen molar-refractivity contribution < 1.29 is 9.30 Å². The lowest BCUT2D eigenvalue weighted by molar-refractivity contribution is -0.702. The normalized spacial score (nSPS) is 13.5. The van der Waals surface area contributed by atoms with Crippen LogP contribution in [0.25, 0.3) is 16.9 Å². The van der Waals surface area contributed by atoms with Gasteiger partial charge in [0, 0.05) is 12.0 Å². The van der Waals surface area contributed by atoms with Crippen LogP contribution in [-0.2, 0) is 13.0 Å². The molecule has 4 heteroatoms. The van der Waals surface area contributed by atoms with E-state index in [9.17, 15) is 0 Å². The van der Waals surface area contributed by atoms with Crippen LogP contribution in [0.2, 0.25) is 0 Å². The number of ether oxygens (including phenoxy) is 1. The third kappa shape index (κ3) is 3.56. The SMILES string of the molecule is Br.COc1ccc(-c2c[n+]3c(n2-c2ccc(C)cc2)CCCCC3)cc1. The average Bonchev–Trinajstić information content (AvgIpc) is 2.85. The maximum absolute atomic E-state index is 5.32. The first kappa shape index (κ1) is 18.7. The summed E-state index contributed by atoms with van der Waals surface area (Å²) in [6, 6.07) is 17.2. The van der Waals surface area contributed by atoms with E-state index >= 15 is 0 Å². The van der Waals surface area contributed by atoms with Crippen LogP contribution in [0.5, 0.6) is 5.75 Å². The minimum absolute atomic E-state index is 0. The third-order valence-electron chi connectivity index (χ3n) is 5.09. The molecule has 1 aliphatic heterocycles. The van der Waals surface area contributed by atoms with Crippen molar-refractivity contribution in [1.82, 2.24) is 4.57 Å². The van der Waals surface area contributed by atoms with Crippen molar-refractivity contribution in [3.63, 3.8) is 0 Å². The number of fused-ring (bicyclic) bond motifs is 1. The third-order valence-corrected chi connectivity index (χ3v) is 5.09. The fraction of sp³-hybridized carbons (Fsp3) is 0.318. The molecule has 3 aromatic rings. The highest BCUT2D eigenvalue weighted by atomic mass is 79.9. The molecule has 0 spiro atoms. The lowest BCUT2D eigenvalue weighted by Gasteiger charge is -2.06. The molecular formula is C22H26BrN2O+. The van der Waals surface area contributed by atoms with E-state index < -0.39 is 0 Å². The average molecular weight is 414 g/mol. The molecule has 2 heterocycles. The van der Waals surface area contributed by atoms with E-state index in [1.54, 1.807) is 7.11 Å². The monoisotopic (exact) mass is 413 g/mol. The van der Waals surface area contributed by atoms with Crippen molar-refractivity contribution in [3.05, 3.63) is 66.1 Å². The van der Waals surface area contributed by atoms with Gasteiger partial charge in [0.05, 0.1) is 13.7 Å². The van der Waals surface area contributed by atoms with Crippen LogP contribution >= 0.6 is 17.0 Å². The predicted molar refractivity (Wildman–Crippen MR) is 111 cm³/mol. The fourth-order valence-electron chi connectivity index (χ4n) is 3.69. The first-order chi connectivity index (χ1) is 12.3. The Balaban J connectivity index is 0.00000196. The minimum atomic E-state index is 0. The second-order valence-electron chi connectivity index (χ2n) is 6.83. The topological polar surface area (TPSA) is 18.0 Å². The number of imidazole rings is 1. The molecule has 0 bridgehead atoms. The number of halogens is 1. The van der Waals surface area contributed by atoms with Gasteiger partial charge in [-0.2, -0.15) is 4.57 Å². The van der Waals surface area contributed by atoms with E-state index in [0.29, 0.717) is 0 Å². The zero-order chi connectivity index (χ0) is 17.2. The molecule has 4 rings (SSSR count). The molecule has 1 aliphatic rings. The quantitative estimate of drug-likeness (QED) is 0.549. The molecule has 26 heavy (non-hydrogen) atoms. The van der Waals surface area contributed by atoms with Crippen molar-refractivity contribution in [1.29, 1.82) is 0 Å². The van der Waals surface area contributed by atoms with E-state index in [1.807, 2.05) is 12.1 Å². The lowest BCUT2D eigenvalue weighted by Crippen LogP contribution is -2.35. The second kappa shape index (κ2) is 8.09. The molecule has 0 unspecified atom stereocenters. The zero-order valence-electron chi connectivity index (χ0n) is 15.4. The Morgan fingerprint density at radius 1 is 0.923 bits per heavy atom. The number of hydrogen-bond donors (Lipinski definition) is 0. The molecular weight excluding hydrogens is 388 g/mol. The Bertz CT molecular complexity index is 866. The Morgan fingerprint density at radius 3 is 2.35 bits per heavy atom. The lowest BCUT2D eigenvalue weighted by atomic mass is 10.1. The molecule has 0 fully saturated rings. The molecule has 2 aromatic carbocycles. The van der Waals surface area contributed by atoms with Crippen LogP contribution < -0.4 is 9.30 Å². The first-order valence-corrected chi connectivity index (χ1v) is 9.12. The molecule has 3 nitrogen and oxygen atoms in total. The van der Waals surface area contributed by atoms with E-state index in [4.69, 9.17) is 4.74 Å². The Morgan fingerprint density at radius 2 is 1.65 bits per heavy atom. The second-order valence-corrected chi connectivity index (χ2v) is 6.83. The smallest absolute Gasteiger partial charge is 0.262 e. The predicted octanol–water partition coefficient (Wildman–Crippen LogP) is 5.05. The van der Waals surface area contributed by atoms with Crippen LogP contribution in [0.3, 0.4) is 0 Å². The summed E-state index contributed by atoms with van der Waals surface area (Å²) in [6.07, 6.45) is 7.29. The van der Waals surface area contributed by atoms with Gasteiger partial charge in [0.15, 0.2) is 5.69 Å². The zero-order valence-corrected chi connectivity index (χ0v) is 17.2. The summed E-state index contributed by atoms with van der Waals surface area (Å²) in [6.45, 7) is 3.25. The number of aromatic nitrogens is 2. The maximum atomic E-state index is 5.32. The Labute approximate surface area is 166 Å². The van der Waals surface area contributed by atoms with Crippen LogP contribution in [0.15, 0.2) is 54.7 Å². The highest BCUT2D eigenvalue weighted by Gasteiger charge is 2.27. The molecule has 0 aliphatic carbocycles. The number of rotatable bonds is 3. The van der Waals surface area contributed by atoms with Gasteiger partial charge in [0.1, 0.15) is 17.6 Å². The fourth-order valence-corrected chi connectivity index (χ4v) is 3.69. The van der Waals surface area contributed by atoms with Gasteiger partial charge in [-0.1, -0.05) is 17.7 Å². The highest BCUT2D eigenvalue weighted by molar-refractivity contribution is 8.93. The van der Waals surface area contributed by atoms with Gasteiger partial charge in [-0.05, 0) is 62.6 Å². The van der Waals surface area contributed by atoms with Crippen molar-refractivity contribution in [2.24, 2.45) is 0 Å². The van der Waals surface area contributed by atoms with Crippen molar-refractivity contribution in [2.75, 3.05) is 7.11 Å². The van der Waals surface area contributed by atoms with E-state index in [2.05, 4.69) is 58.7 Å². The van der Waals surface area contributed by atoms with Gasteiger partial charge in [0.25, 0.3) is 5.82 Å². The largest absolute Gasteiger partial charge is 0.497 e. The summed E-state index contributed by atoms with van der Waals surface area (Å²) in [5, 5.41) is 0. The van der Waals surface area contributed by atoms with Gasteiger partial charge in [-0.25, -0.2) is 4.57 Å². The van der Waals surface area contributed by atoms with Gasteiger partial charge < -0.3 is 4.74 Å². The molecule has 0 atom stereocenters. The van der Waals surface area contributed by atoms with Crippen molar-refractivity contribution in [3.8, 4) is 22.7 Å². The molecule has 0 saturated heterocycles. The summed E-state index contributed by atoms with van der Waals surface area (Å²) in [7, 11) is 1.71. The minimum Gasteiger partial charge on any atom is -0.497 e. The number of benzene rings is 2. The molecule has 0 N–H and O–H groups in total. The molecule has 0 amide bonds. The van der Waals surface area contributed by atoms with Crippen LogP contribution in [0.4, 0.5) is 0 Å². The highest BCUT2D eigenvalue weighted by Crippen LogP contribution is 2.28. The molecule has 0 radical (unpaired) electrons. The summed E-state index contributed by atoms with van der Waals surface area (Å²) in [5.41, 5.74) is 5.01. The first-order valence-electron chi connectivity index (χ1n) is 9.12. The standard InChI is InChI=1S/C22H25N2O.BrH/c1-17-7-11-19(12-8-17)24-21(18-9-13-20(25-2)14-10-18)16-23-15-5-3-4-6-22(23)24;/h7-14,16H,3-6,15H2,1-2H3;1H/q+1;. The van der Waals surface area contributed by atoms with Crippen LogP contribution in [-0.4, -0.2) is 11.7 Å². The number of nitrogens with zero attached hydrogens (tertiary/aromatic N) is 2. The summed E-state index contributed by atoms with van der Waals surface area (Å²) < 4.78 is 10.2. The molecule has 0 saturated carbocycles. The molecule has 136 valence electrons. The van der Waals surface area contributed by atoms with Gasteiger partial charge in [-0.15, -0.1) is 17.0 Å². The number of methoxy groups -OCH3 is 1. The van der Waals surface area contributed by atoms with Gasteiger partial charge in [-0.3, -0.25) is 0 Å². The Kier molecular flexibility index (Phi) is 5.82. The van der Waals surface area contributed by atoms with Crippen molar-refractivity contribution in [2.45, 2.75) is 39.2 Å². The maximum Gasteiger partial charge on any atom is 0.262 e. The van der Waals surface area contributed by atoms with Gasteiger partial charge >= 0.3 is 0 Å². The number of hydrogen-bond acceptors (Lipinski definition) is 1. The molecule has 1 aromatic heterocycles. The van der Waals surface area contributed by atoms with Crippen LogP contribution in [0, 0.1) is 6.92 Å². The Hall–Kier alpha value is -2.07. The van der Waals surface area contributed by atoms with Crippen LogP contribution in [0.1, 0.15) is 30.7 Å². The summed E-state index contributed by atoms with van der Waals surface area (Å²) in [4.78, 5) is 0. The van der Waals surface area contributed by atoms with E-state index in [1.165, 1.54) is 47.6 Å². The summed E-state index contributed by atoms with van der Waals surface area (Å²) >= 11 is 0. The van der Waals surface area contributed by atoms with Crippen molar-refractivity contribution >= 4 is 17.0 Å². The van der Waals surface area contributed by atoms with E-state index in [0.717, 1.165) is 18.7 Å².